The van der Waals surface area contributed by atoms with Crippen LogP contribution in [0.1, 0.15) is 13.8 Å². The van der Waals surface area contributed by atoms with E-state index in [1.807, 2.05) is 13.8 Å². The van der Waals surface area contributed by atoms with Crippen molar-refractivity contribution in [2.45, 2.75) is 13.8 Å². The number of hydrogen-bond acceptors (Lipinski definition) is 5. The Morgan fingerprint density at radius 2 is 2.20 bits per heavy atom. The quantitative estimate of drug-likeness (QED) is 0.606. The fourth-order valence-corrected chi connectivity index (χ4v) is 1.72. The standard InChI is InChI=1S/C13H18N4O3/c1-7(2)5-16-12(18)6-15-9-4-10-11(3-8(9)14)20-13(19)17-10/h3-4,7,15H,5-6,14H2,1-2H3,(H,16,18)(H,17,19). The molecule has 0 saturated carbocycles. The highest BCUT2D eigenvalue weighted by Crippen LogP contribution is 2.23. The van der Waals surface area contributed by atoms with Crippen molar-refractivity contribution in [3.05, 3.63) is 22.7 Å². The lowest BCUT2D eigenvalue weighted by atomic mass is 10.2. The van der Waals surface area contributed by atoms with Gasteiger partial charge in [-0.2, -0.15) is 0 Å². The third kappa shape index (κ3) is 3.31. The van der Waals surface area contributed by atoms with E-state index in [0.29, 0.717) is 34.9 Å². The summed E-state index contributed by atoms with van der Waals surface area (Å²) in [6.45, 7) is 4.79. The normalized spacial score (nSPS) is 10.9. The summed E-state index contributed by atoms with van der Waals surface area (Å²) in [5.74, 6) is -0.249. The number of benzene rings is 1. The van der Waals surface area contributed by atoms with Crippen molar-refractivity contribution >= 4 is 28.4 Å². The first-order valence-electron chi connectivity index (χ1n) is 6.38. The number of nitrogens with two attached hydrogens (primary N) is 1. The minimum Gasteiger partial charge on any atom is -0.408 e. The number of aromatic amines is 1. The zero-order valence-corrected chi connectivity index (χ0v) is 11.4. The van der Waals surface area contributed by atoms with Crippen LogP contribution in [0.5, 0.6) is 0 Å². The zero-order valence-electron chi connectivity index (χ0n) is 11.4. The van der Waals surface area contributed by atoms with Crippen LogP contribution in [-0.2, 0) is 4.79 Å². The molecular formula is C13H18N4O3. The van der Waals surface area contributed by atoms with Gasteiger partial charge in [0.15, 0.2) is 5.58 Å². The molecular weight excluding hydrogens is 260 g/mol. The number of nitrogen functional groups attached to an aromatic ring is 1. The number of carbonyl (C=O) groups is 1. The number of anilines is 2. The van der Waals surface area contributed by atoms with Crippen molar-refractivity contribution in [1.82, 2.24) is 10.3 Å². The molecule has 0 aliphatic rings. The molecule has 1 aromatic carbocycles. The Labute approximate surface area is 115 Å². The van der Waals surface area contributed by atoms with Crippen LogP contribution in [-0.4, -0.2) is 24.0 Å². The van der Waals surface area contributed by atoms with E-state index in [1.165, 1.54) is 0 Å². The molecule has 20 heavy (non-hydrogen) atoms. The lowest BCUT2D eigenvalue weighted by Crippen LogP contribution is -2.32. The van der Waals surface area contributed by atoms with E-state index >= 15 is 0 Å². The molecule has 0 aliphatic carbocycles. The van der Waals surface area contributed by atoms with Crippen molar-refractivity contribution in [2.24, 2.45) is 5.92 Å². The average Bonchev–Trinajstić information content (AvgIpc) is 2.72. The number of aromatic nitrogens is 1. The fourth-order valence-electron chi connectivity index (χ4n) is 1.72. The van der Waals surface area contributed by atoms with E-state index < -0.39 is 5.76 Å². The monoisotopic (exact) mass is 278 g/mol. The third-order valence-corrected chi connectivity index (χ3v) is 2.74. The summed E-state index contributed by atoms with van der Waals surface area (Å²) in [7, 11) is 0. The van der Waals surface area contributed by atoms with Crippen molar-refractivity contribution < 1.29 is 9.21 Å². The van der Waals surface area contributed by atoms with Gasteiger partial charge in [0.1, 0.15) is 0 Å². The number of hydrogen-bond donors (Lipinski definition) is 4. The Morgan fingerprint density at radius 3 is 2.90 bits per heavy atom. The molecule has 1 aromatic heterocycles. The zero-order chi connectivity index (χ0) is 14.7. The maximum absolute atomic E-state index is 11.6. The highest BCUT2D eigenvalue weighted by Gasteiger charge is 2.08. The molecule has 0 bridgehead atoms. The van der Waals surface area contributed by atoms with Crippen molar-refractivity contribution in [1.29, 1.82) is 0 Å². The molecule has 7 nitrogen and oxygen atoms in total. The minimum absolute atomic E-state index is 0.112. The summed E-state index contributed by atoms with van der Waals surface area (Å²) in [5.41, 5.74) is 7.75. The first-order valence-corrected chi connectivity index (χ1v) is 6.38. The molecule has 0 atom stereocenters. The maximum Gasteiger partial charge on any atom is 0.417 e. The SMILES string of the molecule is CC(C)CNC(=O)CNc1cc2[nH]c(=O)oc2cc1N. The summed E-state index contributed by atoms with van der Waals surface area (Å²) < 4.78 is 4.90. The van der Waals surface area contributed by atoms with Gasteiger partial charge in [0.25, 0.3) is 0 Å². The Bertz CT molecular complexity index is 672. The Balaban J connectivity index is 2.04. The molecule has 0 radical (unpaired) electrons. The molecule has 7 heteroatoms. The van der Waals surface area contributed by atoms with Crippen LogP contribution in [0.15, 0.2) is 21.3 Å². The second-order valence-electron chi connectivity index (χ2n) is 5.00. The van der Waals surface area contributed by atoms with Crippen molar-refractivity contribution in [3.63, 3.8) is 0 Å². The van der Waals surface area contributed by atoms with E-state index in [9.17, 15) is 9.59 Å². The molecule has 108 valence electrons. The molecule has 0 unspecified atom stereocenters. The third-order valence-electron chi connectivity index (χ3n) is 2.74. The highest BCUT2D eigenvalue weighted by atomic mass is 16.4. The van der Waals surface area contributed by atoms with Gasteiger partial charge in [-0.15, -0.1) is 0 Å². The molecule has 0 spiro atoms. The van der Waals surface area contributed by atoms with Gasteiger partial charge in [-0.25, -0.2) is 4.79 Å². The molecule has 0 fully saturated rings. The lowest BCUT2D eigenvalue weighted by Gasteiger charge is -2.10. The van der Waals surface area contributed by atoms with Crippen LogP contribution in [0.2, 0.25) is 0 Å². The summed E-state index contributed by atoms with van der Waals surface area (Å²) in [4.78, 5) is 25.2. The number of amides is 1. The number of nitrogens with one attached hydrogen (secondary N) is 3. The van der Waals surface area contributed by atoms with Crippen LogP contribution >= 0.6 is 0 Å². The molecule has 1 heterocycles. The number of carbonyl (C=O) groups excluding carboxylic acids is 1. The summed E-state index contributed by atoms with van der Waals surface area (Å²) in [6, 6.07) is 3.19. The van der Waals surface area contributed by atoms with Gasteiger partial charge in [0, 0.05) is 12.6 Å². The molecule has 0 saturated heterocycles. The first kappa shape index (κ1) is 14.0. The average molecular weight is 278 g/mol. The predicted octanol–water partition coefficient (Wildman–Crippen LogP) is 0.887. The summed E-state index contributed by atoms with van der Waals surface area (Å²) >= 11 is 0. The number of rotatable bonds is 5. The van der Waals surface area contributed by atoms with Crippen LogP contribution in [0, 0.1) is 5.92 Å². The van der Waals surface area contributed by atoms with E-state index in [0.717, 1.165) is 0 Å². The van der Waals surface area contributed by atoms with E-state index in [2.05, 4.69) is 15.6 Å². The van der Waals surface area contributed by atoms with Gasteiger partial charge in [-0.05, 0) is 12.0 Å². The molecule has 1 amide bonds. The highest BCUT2D eigenvalue weighted by molar-refractivity contribution is 5.87. The maximum atomic E-state index is 11.6. The Hall–Kier alpha value is -2.44. The molecule has 2 rings (SSSR count). The minimum atomic E-state index is -0.536. The number of fused-ring (bicyclic) bond motifs is 1. The lowest BCUT2D eigenvalue weighted by molar-refractivity contribution is -0.119. The van der Waals surface area contributed by atoms with Crippen LogP contribution < -0.4 is 22.1 Å². The fraction of sp³-hybridized carbons (Fsp3) is 0.385. The van der Waals surface area contributed by atoms with Crippen molar-refractivity contribution in [2.75, 3.05) is 24.1 Å². The van der Waals surface area contributed by atoms with Crippen LogP contribution in [0.4, 0.5) is 11.4 Å². The number of H-pyrrole nitrogens is 1. The van der Waals surface area contributed by atoms with Crippen LogP contribution in [0.3, 0.4) is 0 Å². The molecule has 5 N–H and O–H groups in total. The van der Waals surface area contributed by atoms with Gasteiger partial charge >= 0.3 is 5.76 Å². The van der Waals surface area contributed by atoms with E-state index in [1.54, 1.807) is 12.1 Å². The second-order valence-corrected chi connectivity index (χ2v) is 5.00. The van der Waals surface area contributed by atoms with Gasteiger partial charge in [0.05, 0.1) is 23.4 Å². The van der Waals surface area contributed by atoms with E-state index in [-0.39, 0.29) is 12.5 Å². The summed E-state index contributed by atoms with van der Waals surface area (Å²) in [5, 5.41) is 5.73. The summed E-state index contributed by atoms with van der Waals surface area (Å²) in [6.07, 6.45) is 0. The van der Waals surface area contributed by atoms with Gasteiger partial charge in [-0.1, -0.05) is 13.8 Å². The second kappa shape index (κ2) is 5.68. The number of oxazole rings is 1. The Morgan fingerprint density at radius 1 is 1.45 bits per heavy atom. The first-order chi connectivity index (χ1) is 9.45. The molecule has 2 aromatic rings. The van der Waals surface area contributed by atoms with Gasteiger partial charge in [0.2, 0.25) is 5.91 Å². The van der Waals surface area contributed by atoms with E-state index in [4.69, 9.17) is 10.2 Å². The predicted molar refractivity (Wildman–Crippen MR) is 77.6 cm³/mol. The van der Waals surface area contributed by atoms with Crippen molar-refractivity contribution in [3.8, 4) is 0 Å². The topological polar surface area (TPSA) is 113 Å². The van der Waals surface area contributed by atoms with Gasteiger partial charge < -0.3 is 20.8 Å². The Kier molecular flexibility index (Phi) is 3.97. The van der Waals surface area contributed by atoms with Gasteiger partial charge in [-0.3, -0.25) is 9.78 Å². The largest absolute Gasteiger partial charge is 0.417 e. The molecule has 0 aliphatic heterocycles. The van der Waals surface area contributed by atoms with Crippen LogP contribution in [0.25, 0.3) is 11.1 Å². The smallest absolute Gasteiger partial charge is 0.408 e.